The number of carbonyl (C=O) groups is 2. The monoisotopic (exact) mass is 523 g/mol. The fourth-order valence-corrected chi connectivity index (χ4v) is 5.15. The van der Waals surface area contributed by atoms with E-state index < -0.39 is 0 Å². The highest BCUT2D eigenvalue weighted by Crippen LogP contribution is 2.37. The Kier molecular flexibility index (Phi) is 9.23. The lowest BCUT2D eigenvalue weighted by Gasteiger charge is -2.28. The molecular weight excluding hydrogens is 486 g/mol. The molecule has 0 radical (unpaired) electrons. The van der Waals surface area contributed by atoms with Gasteiger partial charge in [-0.05, 0) is 60.4 Å². The second-order valence-electron chi connectivity index (χ2n) is 9.58. The first-order valence-corrected chi connectivity index (χ1v) is 13.0. The maximum Gasteiger partial charge on any atom is 0.262 e. The van der Waals surface area contributed by atoms with E-state index in [0.29, 0.717) is 31.1 Å². The number of carbonyl (C=O) groups excluding carboxylic acids is 2. The highest BCUT2D eigenvalue weighted by atomic mass is 16.5. The van der Waals surface area contributed by atoms with Crippen LogP contribution in [0.5, 0.6) is 17.2 Å². The molecule has 1 aliphatic carbocycles. The van der Waals surface area contributed by atoms with E-state index in [1.54, 1.807) is 33.3 Å². The Morgan fingerprint density at radius 3 is 2.29 bits per heavy atom. The summed E-state index contributed by atoms with van der Waals surface area (Å²) in [5.41, 5.74) is 2.56. The van der Waals surface area contributed by atoms with E-state index in [9.17, 15) is 9.59 Å². The van der Waals surface area contributed by atoms with Gasteiger partial charge in [-0.2, -0.15) is 5.10 Å². The molecule has 9 nitrogen and oxygen atoms in total. The lowest BCUT2D eigenvalue weighted by molar-refractivity contribution is -0.144. The summed E-state index contributed by atoms with van der Waals surface area (Å²) in [5, 5.41) is 6.29. The molecule has 38 heavy (non-hydrogen) atoms. The van der Waals surface area contributed by atoms with Gasteiger partial charge in [0.2, 0.25) is 5.91 Å². The van der Waals surface area contributed by atoms with E-state index in [2.05, 4.69) is 0 Å². The van der Waals surface area contributed by atoms with Gasteiger partial charge < -0.3 is 23.8 Å². The highest BCUT2D eigenvalue weighted by molar-refractivity contribution is 6.03. The van der Waals surface area contributed by atoms with Crippen LogP contribution in [0.1, 0.15) is 49.3 Å². The van der Waals surface area contributed by atoms with Gasteiger partial charge in [0.05, 0.1) is 39.7 Å². The predicted octanol–water partition coefficient (Wildman–Crippen LogP) is 4.06. The van der Waals surface area contributed by atoms with Crippen LogP contribution in [-0.4, -0.2) is 75.6 Å². The van der Waals surface area contributed by atoms with Crippen molar-refractivity contribution in [1.29, 1.82) is 0 Å². The first-order chi connectivity index (χ1) is 18.5. The first kappa shape index (κ1) is 27.4. The summed E-state index contributed by atoms with van der Waals surface area (Å²) in [6, 6.07) is 12.9. The smallest absolute Gasteiger partial charge is 0.262 e. The van der Waals surface area contributed by atoms with Crippen molar-refractivity contribution >= 4 is 17.5 Å². The molecule has 0 bridgehead atoms. The van der Waals surface area contributed by atoms with Crippen LogP contribution < -0.4 is 14.2 Å². The molecule has 2 aromatic carbocycles. The highest BCUT2D eigenvalue weighted by Gasteiger charge is 2.36. The number of methoxy groups -OCH3 is 4. The van der Waals surface area contributed by atoms with Crippen molar-refractivity contribution in [2.75, 3.05) is 48.1 Å². The molecule has 4 rings (SSSR count). The van der Waals surface area contributed by atoms with Gasteiger partial charge in [-0.25, -0.2) is 5.01 Å². The Hall–Kier alpha value is -3.59. The Labute approximate surface area is 224 Å². The average molecular weight is 524 g/mol. The van der Waals surface area contributed by atoms with E-state index in [4.69, 9.17) is 24.0 Å². The Morgan fingerprint density at radius 1 is 0.947 bits per heavy atom. The van der Waals surface area contributed by atoms with Gasteiger partial charge in [-0.15, -0.1) is 0 Å². The fourth-order valence-electron chi connectivity index (χ4n) is 5.15. The van der Waals surface area contributed by atoms with Crippen LogP contribution in [0.15, 0.2) is 47.6 Å². The Bertz CT molecular complexity index is 1140. The second kappa shape index (κ2) is 12.8. The summed E-state index contributed by atoms with van der Waals surface area (Å²) in [7, 11) is 6.39. The minimum atomic E-state index is -0.356. The molecule has 1 heterocycles. The van der Waals surface area contributed by atoms with E-state index in [0.717, 1.165) is 48.3 Å². The van der Waals surface area contributed by atoms with E-state index >= 15 is 0 Å². The van der Waals surface area contributed by atoms with Crippen molar-refractivity contribution in [3.05, 3.63) is 53.6 Å². The van der Waals surface area contributed by atoms with E-state index in [1.807, 2.05) is 42.5 Å². The van der Waals surface area contributed by atoms with Crippen molar-refractivity contribution in [1.82, 2.24) is 9.91 Å². The molecule has 0 N–H and O–H groups in total. The molecule has 9 heteroatoms. The summed E-state index contributed by atoms with van der Waals surface area (Å²) in [6.07, 6.45) is 4.35. The van der Waals surface area contributed by atoms with Crippen LogP contribution in [0.3, 0.4) is 0 Å². The van der Waals surface area contributed by atoms with Crippen LogP contribution in [0.25, 0.3) is 0 Å². The van der Waals surface area contributed by atoms with Crippen molar-refractivity contribution in [2.24, 2.45) is 11.0 Å². The molecule has 204 valence electrons. The van der Waals surface area contributed by atoms with E-state index in [1.165, 1.54) is 5.01 Å². The van der Waals surface area contributed by atoms with Crippen LogP contribution >= 0.6 is 0 Å². The number of hydrazone groups is 1. The van der Waals surface area contributed by atoms with Crippen LogP contribution in [0.2, 0.25) is 0 Å². The van der Waals surface area contributed by atoms with Gasteiger partial charge in [0.15, 0.2) is 11.5 Å². The van der Waals surface area contributed by atoms with Gasteiger partial charge in [-0.3, -0.25) is 9.59 Å². The maximum atomic E-state index is 13.8. The fraction of sp³-hybridized carbons (Fsp3) is 0.483. The minimum Gasteiger partial charge on any atom is -0.497 e. The number of rotatable bonds is 11. The molecule has 0 spiro atoms. The van der Waals surface area contributed by atoms with Gasteiger partial charge in [-0.1, -0.05) is 18.9 Å². The van der Waals surface area contributed by atoms with Gasteiger partial charge in [0.25, 0.3) is 5.91 Å². The van der Waals surface area contributed by atoms with E-state index in [-0.39, 0.29) is 30.3 Å². The normalized spacial score (nSPS) is 17.3. The van der Waals surface area contributed by atoms with Crippen molar-refractivity contribution in [2.45, 2.75) is 38.1 Å². The molecule has 1 atom stereocenters. The number of ether oxygens (including phenoxy) is 4. The lowest BCUT2D eigenvalue weighted by atomic mass is 9.98. The summed E-state index contributed by atoms with van der Waals surface area (Å²) >= 11 is 0. The minimum absolute atomic E-state index is 0.0223. The summed E-state index contributed by atoms with van der Waals surface area (Å²) in [4.78, 5) is 28.7. The molecule has 1 fully saturated rings. The van der Waals surface area contributed by atoms with Crippen LogP contribution in [0, 0.1) is 5.92 Å². The number of hydrogen-bond donors (Lipinski definition) is 0. The van der Waals surface area contributed by atoms with Crippen molar-refractivity contribution in [3.8, 4) is 17.2 Å². The number of amides is 2. The third-order valence-electron chi connectivity index (χ3n) is 7.29. The molecule has 2 amide bonds. The lowest BCUT2D eigenvalue weighted by Crippen LogP contribution is -2.44. The zero-order valence-electron chi connectivity index (χ0n) is 22.6. The summed E-state index contributed by atoms with van der Waals surface area (Å²) < 4.78 is 21.5. The second-order valence-corrected chi connectivity index (χ2v) is 9.58. The average Bonchev–Trinajstić information content (AvgIpc) is 3.65. The molecule has 1 unspecified atom stereocenters. The molecule has 0 aromatic heterocycles. The predicted molar refractivity (Wildman–Crippen MR) is 144 cm³/mol. The number of hydrogen-bond acceptors (Lipinski definition) is 7. The van der Waals surface area contributed by atoms with Gasteiger partial charge in [0, 0.05) is 26.0 Å². The topological polar surface area (TPSA) is 89.9 Å². The third-order valence-corrected chi connectivity index (χ3v) is 7.29. The van der Waals surface area contributed by atoms with Crippen molar-refractivity contribution in [3.63, 3.8) is 0 Å². The van der Waals surface area contributed by atoms with Gasteiger partial charge >= 0.3 is 0 Å². The molecule has 1 saturated carbocycles. The number of nitrogens with zero attached hydrogens (tertiary/aromatic N) is 3. The van der Waals surface area contributed by atoms with Crippen molar-refractivity contribution < 1.29 is 28.5 Å². The summed E-state index contributed by atoms with van der Waals surface area (Å²) in [5.74, 6) is 1.68. The Morgan fingerprint density at radius 2 is 1.66 bits per heavy atom. The quantitative estimate of drug-likeness (QED) is 0.441. The standard InChI is InChI=1S/C29H37N3O6/c1-35-16-15-31(29(34)21-7-5-6-8-21)19-28(33)32-25(22-11-14-26(37-3)27(17-22)38-4)18-24(30-32)20-9-12-23(36-2)13-10-20/h9-14,17,21,25H,5-8,15-16,18-19H2,1-4H3. The Balaban J connectivity index is 1.63. The zero-order chi connectivity index (χ0) is 27.1. The number of benzene rings is 2. The maximum absolute atomic E-state index is 13.8. The molecule has 2 aliphatic rings. The molecular formula is C29H37N3O6. The largest absolute Gasteiger partial charge is 0.497 e. The van der Waals surface area contributed by atoms with Crippen LogP contribution in [-0.2, 0) is 14.3 Å². The zero-order valence-corrected chi connectivity index (χ0v) is 22.6. The molecule has 1 aliphatic heterocycles. The SMILES string of the molecule is COCCN(CC(=O)N1N=C(c2ccc(OC)cc2)CC1c1ccc(OC)c(OC)c1)C(=O)C1CCCC1. The van der Waals surface area contributed by atoms with Crippen LogP contribution in [0.4, 0.5) is 0 Å². The molecule has 0 saturated heterocycles. The summed E-state index contributed by atoms with van der Waals surface area (Å²) in [6.45, 7) is 0.675. The third kappa shape index (κ3) is 6.10. The van der Waals surface area contributed by atoms with Gasteiger partial charge in [0.1, 0.15) is 12.3 Å². The first-order valence-electron chi connectivity index (χ1n) is 13.0. The molecule has 2 aromatic rings.